The third-order valence-electron chi connectivity index (χ3n) is 4.54. The highest BCUT2D eigenvalue weighted by Gasteiger charge is 2.36. The van der Waals surface area contributed by atoms with Crippen molar-refractivity contribution in [2.75, 3.05) is 37.6 Å². The highest BCUT2D eigenvalue weighted by atomic mass is 16.5. The molecule has 8 heteroatoms. The van der Waals surface area contributed by atoms with E-state index < -0.39 is 24.4 Å². The molecule has 0 aromatic heterocycles. The average Bonchev–Trinajstić information content (AvgIpc) is 3.14. The van der Waals surface area contributed by atoms with Crippen LogP contribution in [0.2, 0.25) is 0 Å². The summed E-state index contributed by atoms with van der Waals surface area (Å²) >= 11 is 0. The predicted molar refractivity (Wildman–Crippen MR) is 106 cm³/mol. The third-order valence-corrected chi connectivity index (χ3v) is 4.54. The normalized spacial score (nSPS) is 15.7. The fraction of sp³-hybridized carbons (Fsp3) is 0.286. The molecule has 0 aliphatic carbocycles. The van der Waals surface area contributed by atoms with Gasteiger partial charge in [-0.15, -0.1) is 0 Å². The van der Waals surface area contributed by atoms with Crippen LogP contribution in [0.5, 0.6) is 11.5 Å². The number of methoxy groups -OCH3 is 2. The van der Waals surface area contributed by atoms with Crippen molar-refractivity contribution in [1.29, 1.82) is 0 Å². The van der Waals surface area contributed by atoms with E-state index in [1.807, 2.05) is 0 Å². The molecule has 0 radical (unpaired) electrons. The molecule has 29 heavy (non-hydrogen) atoms. The van der Waals surface area contributed by atoms with E-state index in [0.717, 1.165) is 0 Å². The second-order valence-electron chi connectivity index (χ2n) is 6.49. The molecular formula is C21H22N2O6. The molecule has 1 aliphatic rings. The average molecular weight is 398 g/mol. The lowest BCUT2D eigenvalue weighted by atomic mass is 10.1. The Hall–Kier alpha value is -3.55. The van der Waals surface area contributed by atoms with Gasteiger partial charge in [0.15, 0.2) is 6.61 Å². The van der Waals surface area contributed by atoms with Crippen LogP contribution in [0.3, 0.4) is 0 Å². The Morgan fingerprint density at radius 1 is 1.07 bits per heavy atom. The van der Waals surface area contributed by atoms with Gasteiger partial charge >= 0.3 is 5.97 Å². The number of ether oxygens (including phenoxy) is 3. The molecule has 3 rings (SSSR count). The zero-order valence-corrected chi connectivity index (χ0v) is 16.2. The first-order valence-electron chi connectivity index (χ1n) is 9.05. The maximum Gasteiger partial charge on any atom is 0.311 e. The fourth-order valence-corrected chi connectivity index (χ4v) is 3.02. The van der Waals surface area contributed by atoms with Gasteiger partial charge in [-0.05, 0) is 36.4 Å². The van der Waals surface area contributed by atoms with Gasteiger partial charge in [-0.3, -0.25) is 14.4 Å². The maximum absolute atomic E-state index is 12.3. The highest BCUT2D eigenvalue weighted by molar-refractivity contribution is 6.00. The summed E-state index contributed by atoms with van der Waals surface area (Å²) in [6.45, 7) is -0.223. The van der Waals surface area contributed by atoms with Crippen molar-refractivity contribution in [3.63, 3.8) is 0 Å². The number of nitrogens with one attached hydrogen (secondary N) is 1. The zero-order chi connectivity index (χ0) is 20.8. The van der Waals surface area contributed by atoms with Gasteiger partial charge in [0.1, 0.15) is 11.5 Å². The lowest BCUT2D eigenvalue weighted by Crippen LogP contribution is -2.28. The summed E-state index contributed by atoms with van der Waals surface area (Å²) in [5, 5.41) is 2.63. The zero-order valence-electron chi connectivity index (χ0n) is 16.2. The molecule has 1 saturated heterocycles. The van der Waals surface area contributed by atoms with Gasteiger partial charge < -0.3 is 24.4 Å². The van der Waals surface area contributed by atoms with Gasteiger partial charge in [0.25, 0.3) is 5.91 Å². The summed E-state index contributed by atoms with van der Waals surface area (Å²) < 4.78 is 15.3. The molecule has 8 nitrogen and oxygen atoms in total. The quantitative estimate of drug-likeness (QED) is 0.719. The van der Waals surface area contributed by atoms with Crippen molar-refractivity contribution in [2.24, 2.45) is 5.92 Å². The first kappa shape index (κ1) is 20.2. The number of carbonyl (C=O) groups excluding carboxylic acids is 3. The van der Waals surface area contributed by atoms with Gasteiger partial charge in [0, 0.05) is 30.4 Å². The second kappa shape index (κ2) is 9.09. The number of carbonyl (C=O) groups is 3. The van der Waals surface area contributed by atoms with E-state index in [9.17, 15) is 14.4 Å². The Morgan fingerprint density at radius 2 is 1.79 bits per heavy atom. The Labute approximate surface area is 168 Å². The highest BCUT2D eigenvalue weighted by Crippen LogP contribution is 2.28. The van der Waals surface area contributed by atoms with Gasteiger partial charge in [0.2, 0.25) is 5.91 Å². The molecule has 1 fully saturated rings. The summed E-state index contributed by atoms with van der Waals surface area (Å²) in [6, 6.07) is 13.8. The van der Waals surface area contributed by atoms with E-state index in [1.165, 1.54) is 4.90 Å². The number of amides is 2. The number of esters is 1. The van der Waals surface area contributed by atoms with E-state index in [0.29, 0.717) is 22.9 Å². The van der Waals surface area contributed by atoms with Crippen LogP contribution in [0.1, 0.15) is 6.42 Å². The van der Waals surface area contributed by atoms with Gasteiger partial charge in [0.05, 0.1) is 20.1 Å². The molecule has 1 atom stereocenters. The summed E-state index contributed by atoms with van der Waals surface area (Å²) in [5.41, 5.74) is 1.22. The summed E-state index contributed by atoms with van der Waals surface area (Å²) in [7, 11) is 3.10. The molecule has 2 aromatic rings. The molecule has 0 bridgehead atoms. The minimum Gasteiger partial charge on any atom is -0.497 e. The molecule has 1 aliphatic heterocycles. The smallest absolute Gasteiger partial charge is 0.311 e. The maximum atomic E-state index is 12.3. The number of anilines is 2. The number of hydrogen-bond acceptors (Lipinski definition) is 6. The Kier molecular flexibility index (Phi) is 6.33. The number of nitrogens with zero attached hydrogens (tertiary/aromatic N) is 1. The molecule has 1 N–H and O–H groups in total. The minimum atomic E-state index is -0.623. The van der Waals surface area contributed by atoms with E-state index in [4.69, 9.17) is 14.2 Å². The predicted octanol–water partition coefficient (Wildman–Crippen LogP) is 2.24. The van der Waals surface area contributed by atoms with Gasteiger partial charge in [-0.1, -0.05) is 6.07 Å². The molecular weight excluding hydrogens is 376 g/mol. The fourth-order valence-electron chi connectivity index (χ4n) is 3.02. The number of rotatable bonds is 7. The van der Waals surface area contributed by atoms with Crippen LogP contribution >= 0.6 is 0 Å². The number of hydrogen-bond donors (Lipinski definition) is 1. The lowest BCUT2D eigenvalue weighted by Gasteiger charge is -2.17. The van der Waals surface area contributed by atoms with E-state index >= 15 is 0 Å². The Morgan fingerprint density at radius 3 is 2.48 bits per heavy atom. The van der Waals surface area contributed by atoms with Crippen molar-refractivity contribution in [2.45, 2.75) is 6.42 Å². The van der Waals surface area contributed by atoms with Gasteiger partial charge in [-0.25, -0.2) is 0 Å². The third kappa shape index (κ3) is 5.04. The summed E-state index contributed by atoms with van der Waals surface area (Å²) in [4.78, 5) is 38.1. The summed E-state index contributed by atoms with van der Waals surface area (Å²) in [6.07, 6.45) is 0.0378. The minimum absolute atomic E-state index is 0.0378. The van der Waals surface area contributed by atoms with E-state index in [2.05, 4.69) is 5.32 Å². The van der Waals surface area contributed by atoms with E-state index in [1.54, 1.807) is 62.8 Å². The Balaban J connectivity index is 1.51. The monoisotopic (exact) mass is 398 g/mol. The molecule has 0 saturated carbocycles. The van der Waals surface area contributed by atoms with Crippen molar-refractivity contribution in [1.82, 2.24) is 0 Å². The van der Waals surface area contributed by atoms with Crippen LogP contribution in [-0.2, 0) is 19.1 Å². The topological polar surface area (TPSA) is 94.2 Å². The van der Waals surface area contributed by atoms with Crippen LogP contribution < -0.4 is 19.7 Å². The van der Waals surface area contributed by atoms with Crippen LogP contribution in [0.15, 0.2) is 48.5 Å². The van der Waals surface area contributed by atoms with Crippen molar-refractivity contribution in [3.8, 4) is 11.5 Å². The van der Waals surface area contributed by atoms with Crippen LogP contribution in [0.4, 0.5) is 11.4 Å². The van der Waals surface area contributed by atoms with Crippen molar-refractivity contribution < 1.29 is 28.6 Å². The molecule has 0 spiro atoms. The molecule has 2 aromatic carbocycles. The van der Waals surface area contributed by atoms with Crippen LogP contribution in [0.25, 0.3) is 0 Å². The van der Waals surface area contributed by atoms with Crippen molar-refractivity contribution >= 4 is 29.2 Å². The summed E-state index contributed by atoms with van der Waals surface area (Å²) in [5.74, 6) is -0.547. The second-order valence-corrected chi connectivity index (χ2v) is 6.49. The molecule has 152 valence electrons. The molecule has 1 heterocycles. The van der Waals surface area contributed by atoms with E-state index in [-0.39, 0.29) is 18.9 Å². The largest absolute Gasteiger partial charge is 0.497 e. The molecule has 2 amide bonds. The van der Waals surface area contributed by atoms with Gasteiger partial charge in [-0.2, -0.15) is 0 Å². The molecule has 0 unspecified atom stereocenters. The first-order valence-corrected chi connectivity index (χ1v) is 9.05. The SMILES string of the molecule is COc1ccc(NC(=O)COC(=O)[C@H]2CC(=O)N(c3cccc(OC)c3)C2)cc1. The van der Waals surface area contributed by atoms with Crippen LogP contribution in [-0.4, -0.2) is 45.2 Å². The van der Waals surface area contributed by atoms with Crippen molar-refractivity contribution in [3.05, 3.63) is 48.5 Å². The first-order chi connectivity index (χ1) is 14.0. The van der Waals surface area contributed by atoms with Crippen LogP contribution in [0, 0.1) is 5.92 Å². The Bertz CT molecular complexity index is 896. The standard InChI is InChI=1S/C21H22N2O6/c1-27-17-8-6-15(7-9-17)22-19(24)13-29-21(26)14-10-20(25)23(12-14)16-4-3-5-18(11-16)28-2/h3-9,11,14H,10,12-13H2,1-2H3,(H,22,24)/t14-/m0/s1. The lowest BCUT2D eigenvalue weighted by molar-refractivity contribution is -0.151. The number of benzene rings is 2.